The normalized spacial score (nSPS) is 28.6. The molecule has 1 saturated carbocycles. The third-order valence-corrected chi connectivity index (χ3v) is 2.60. The lowest BCUT2D eigenvalue weighted by Gasteiger charge is -2.29. The molecule has 0 radical (unpaired) electrons. The van der Waals surface area contributed by atoms with Gasteiger partial charge >= 0.3 is 6.18 Å². The highest BCUT2D eigenvalue weighted by atomic mass is 19.4. The van der Waals surface area contributed by atoms with Gasteiger partial charge in [0, 0.05) is 13.0 Å². The van der Waals surface area contributed by atoms with E-state index in [4.69, 9.17) is 0 Å². The number of carbonyl (C=O) groups is 1. The second-order valence-corrected chi connectivity index (χ2v) is 3.79. The molecule has 14 heavy (non-hydrogen) atoms. The molecule has 0 saturated heterocycles. The third-order valence-electron chi connectivity index (χ3n) is 2.60. The highest BCUT2D eigenvalue weighted by molar-refractivity contribution is 5.73. The van der Waals surface area contributed by atoms with Gasteiger partial charge in [-0.15, -0.1) is 0 Å². The number of hydrogen-bond acceptors (Lipinski definition) is 1. The highest BCUT2D eigenvalue weighted by Crippen LogP contribution is 2.37. The number of halogens is 3. The summed E-state index contributed by atoms with van der Waals surface area (Å²) in [5.74, 6) is -1.34. The Morgan fingerprint density at radius 2 is 1.71 bits per heavy atom. The van der Waals surface area contributed by atoms with Crippen molar-refractivity contribution in [2.24, 2.45) is 5.92 Å². The second-order valence-electron chi connectivity index (χ2n) is 3.79. The van der Waals surface area contributed by atoms with E-state index in [0.29, 0.717) is 12.8 Å². The van der Waals surface area contributed by atoms with E-state index in [0.717, 1.165) is 0 Å². The summed E-state index contributed by atoms with van der Waals surface area (Å²) in [7, 11) is 0. The van der Waals surface area contributed by atoms with Gasteiger partial charge in [0.25, 0.3) is 0 Å². The van der Waals surface area contributed by atoms with Crippen molar-refractivity contribution in [3.05, 3.63) is 0 Å². The molecule has 0 spiro atoms. The Kier molecular flexibility index (Phi) is 3.39. The average molecular weight is 209 g/mol. The van der Waals surface area contributed by atoms with Crippen LogP contribution in [0.25, 0.3) is 0 Å². The molecule has 0 bridgehead atoms. The molecule has 0 atom stereocenters. The summed E-state index contributed by atoms with van der Waals surface area (Å²) in [5.41, 5.74) is 0. The van der Waals surface area contributed by atoms with E-state index >= 15 is 0 Å². The lowest BCUT2D eigenvalue weighted by Crippen LogP contribution is -2.38. The molecule has 1 aliphatic carbocycles. The molecule has 1 N–H and O–H groups in total. The molecule has 0 unspecified atom stereocenters. The van der Waals surface area contributed by atoms with Crippen molar-refractivity contribution < 1.29 is 18.0 Å². The van der Waals surface area contributed by atoms with E-state index in [1.54, 1.807) is 0 Å². The van der Waals surface area contributed by atoms with E-state index in [2.05, 4.69) is 5.32 Å². The number of nitrogens with one attached hydrogen (secondary N) is 1. The van der Waals surface area contributed by atoms with Crippen LogP contribution in [0.2, 0.25) is 0 Å². The van der Waals surface area contributed by atoms with E-state index in [-0.39, 0.29) is 24.8 Å². The second kappa shape index (κ2) is 4.19. The first-order valence-corrected chi connectivity index (χ1v) is 4.73. The van der Waals surface area contributed by atoms with Gasteiger partial charge < -0.3 is 5.32 Å². The van der Waals surface area contributed by atoms with Gasteiger partial charge in [0.05, 0.1) is 5.92 Å². The SMILES string of the molecule is CC(=O)N[C@H]1CC[C@@H](C(F)(F)F)CC1. The van der Waals surface area contributed by atoms with Crippen LogP contribution in [0, 0.1) is 5.92 Å². The summed E-state index contributed by atoms with van der Waals surface area (Å²) in [6.07, 6.45) is -2.93. The molecule has 2 nitrogen and oxygen atoms in total. The molecule has 0 aliphatic heterocycles. The van der Waals surface area contributed by atoms with Gasteiger partial charge in [-0.25, -0.2) is 0 Å². The summed E-state index contributed by atoms with van der Waals surface area (Å²) in [6, 6.07) is -0.0638. The highest BCUT2D eigenvalue weighted by Gasteiger charge is 2.41. The maximum Gasteiger partial charge on any atom is 0.391 e. The van der Waals surface area contributed by atoms with Crippen molar-refractivity contribution >= 4 is 5.91 Å². The van der Waals surface area contributed by atoms with Crippen molar-refractivity contribution in [1.82, 2.24) is 5.32 Å². The van der Waals surface area contributed by atoms with Crippen LogP contribution in [0.1, 0.15) is 32.6 Å². The van der Waals surface area contributed by atoms with Crippen molar-refractivity contribution in [2.45, 2.75) is 44.8 Å². The van der Waals surface area contributed by atoms with Crippen LogP contribution in [-0.4, -0.2) is 18.1 Å². The van der Waals surface area contributed by atoms with Gasteiger partial charge in [-0.05, 0) is 25.7 Å². The molecule has 1 aliphatic rings. The molecular formula is C9H14F3NO. The molecule has 0 aromatic rings. The number of alkyl halides is 3. The Morgan fingerprint density at radius 3 is 2.07 bits per heavy atom. The average Bonchev–Trinajstić information content (AvgIpc) is 2.02. The minimum absolute atomic E-state index is 0.0638. The Morgan fingerprint density at radius 1 is 1.21 bits per heavy atom. The number of rotatable bonds is 1. The van der Waals surface area contributed by atoms with Crippen molar-refractivity contribution in [2.75, 3.05) is 0 Å². The summed E-state index contributed by atoms with van der Waals surface area (Å²) in [5, 5.41) is 2.65. The van der Waals surface area contributed by atoms with Crippen molar-refractivity contribution in [3.8, 4) is 0 Å². The first-order chi connectivity index (χ1) is 6.39. The van der Waals surface area contributed by atoms with E-state index in [9.17, 15) is 18.0 Å². The van der Waals surface area contributed by atoms with Crippen LogP contribution in [0.5, 0.6) is 0 Å². The van der Waals surface area contributed by atoms with Gasteiger partial charge in [-0.3, -0.25) is 4.79 Å². The predicted molar refractivity (Wildman–Crippen MR) is 45.6 cm³/mol. The van der Waals surface area contributed by atoms with Crippen LogP contribution in [0.3, 0.4) is 0 Å². The molecule has 1 fully saturated rings. The summed E-state index contributed by atoms with van der Waals surface area (Å²) in [4.78, 5) is 10.7. The summed E-state index contributed by atoms with van der Waals surface area (Å²) < 4.78 is 36.7. The molecule has 5 heteroatoms. The molecule has 1 amide bonds. The molecule has 0 heterocycles. The molecule has 0 aromatic heterocycles. The molecule has 0 aromatic carbocycles. The fourth-order valence-corrected chi connectivity index (χ4v) is 1.85. The van der Waals surface area contributed by atoms with Crippen molar-refractivity contribution in [1.29, 1.82) is 0 Å². The van der Waals surface area contributed by atoms with E-state index in [1.807, 2.05) is 0 Å². The maximum absolute atomic E-state index is 12.2. The number of hydrogen-bond donors (Lipinski definition) is 1. The van der Waals surface area contributed by atoms with Gasteiger partial charge in [-0.1, -0.05) is 0 Å². The van der Waals surface area contributed by atoms with Crippen LogP contribution in [0.15, 0.2) is 0 Å². The maximum atomic E-state index is 12.2. The van der Waals surface area contributed by atoms with Gasteiger partial charge in [0.15, 0.2) is 0 Å². The fourth-order valence-electron chi connectivity index (χ4n) is 1.85. The minimum Gasteiger partial charge on any atom is -0.354 e. The lowest BCUT2D eigenvalue weighted by molar-refractivity contribution is -0.182. The summed E-state index contributed by atoms with van der Waals surface area (Å²) >= 11 is 0. The largest absolute Gasteiger partial charge is 0.391 e. The fraction of sp³-hybridized carbons (Fsp3) is 0.889. The van der Waals surface area contributed by atoms with Crippen LogP contribution >= 0.6 is 0 Å². The molecular weight excluding hydrogens is 195 g/mol. The van der Waals surface area contributed by atoms with Crippen LogP contribution < -0.4 is 5.32 Å². The zero-order chi connectivity index (χ0) is 10.8. The Labute approximate surface area is 80.9 Å². The molecule has 1 rings (SSSR count). The quantitative estimate of drug-likeness (QED) is 0.705. The van der Waals surface area contributed by atoms with Gasteiger partial charge in [0.1, 0.15) is 0 Å². The standard InChI is InChI=1S/C9H14F3NO/c1-6(14)13-8-4-2-7(3-5-8)9(10,11)12/h7-8H,2-5H2,1H3,(H,13,14)/t7-,8+. The zero-order valence-electron chi connectivity index (χ0n) is 8.03. The topological polar surface area (TPSA) is 29.1 Å². The number of amides is 1. The predicted octanol–water partition coefficient (Wildman–Crippen LogP) is 2.24. The van der Waals surface area contributed by atoms with Gasteiger partial charge in [0.2, 0.25) is 5.91 Å². The van der Waals surface area contributed by atoms with Crippen molar-refractivity contribution in [3.63, 3.8) is 0 Å². The van der Waals surface area contributed by atoms with Crippen LogP contribution in [0.4, 0.5) is 13.2 Å². The Balaban J connectivity index is 2.35. The first kappa shape index (κ1) is 11.3. The monoisotopic (exact) mass is 209 g/mol. The Hall–Kier alpha value is -0.740. The zero-order valence-corrected chi connectivity index (χ0v) is 8.03. The smallest absolute Gasteiger partial charge is 0.354 e. The Bertz CT molecular complexity index is 207. The minimum atomic E-state index is -4.07. The summed E-state index contributed by atoms with van der Waals surface area (Å²) in [6.45, 7) is 1.38. The van der Waals surface area contributed by atoms with Crippen LogP contribution in [-0.2, 0) is 4.79 Å². The van der Waals surface area contributed by atoms with Gasteiger partial charge in [-0.2, -0.15) is 13.2 Å². The number of carbonyl (C=O) groups excluding carboxylic acids is 1. The lowest BCUT2D eigenvalue weighted by atomic mass is 9.85. The van der Waals surface area contributed by atoms with E-state index in [1.165, 1.54) is 6.92 Å². The van der Waals surface area contributed by atoms with E-state index < -0.39 is 12.1 Å². The first-order valence-electron chi connectivity index (χ1n) is 4.73. The molecule has 82 valence electrons. The third kappa shape index (κ3) is 3.20.